The molecule has 1 atom stereocenters. The molecule has 0 radical (unpaired) electrons. The van der Waals surface area contributed by atoms with Gasteiger partial charge >= 0.3 is 5.97 Å². The quantitative estimate of drug-likeness (QED) is 0.525. The van der Waals surface area contributed by atoms with E-state index in [2.05, 4.69) is 10.4 Å². The van der Waals surface area contributed by atoms with Crippen molar-refractivity contribution in [1.29, 1.82) is 0 Å². The molecule has 0 unspecified atom stereocenters. The molecule has 1 aromatic heterocycles. The molecule has 1 aliphatic rings. The van der Waals surface area contributed by atoms with Crippen molar-refractivity contribution in [2.75, 3.05) is 30.5 Å². The smallest absolute Gasteiger partial charge is 0.311 e. The summed E-state index contributed by atoms with van der Waals surface area (Å²) in [5.74, 6) is -1.26. The molecule has 1 fully saturated rings. The fraction of sp³-hybridized carbons (Fsp3) is 0.308. The number of carbonyl (C=O) groups is 3. The number of ether oxygens (including phenoxy) is 2. The Kier molecular flexibility index (Phi) is 6.86. The van der Waals surface area contributed by atoms with Gasteiger partial charge in [-0.2, -0.15) is 5.10 Å². The topological polar surface area (TPSA) is 103 Å². The molecule has 2 aromatic carbocycles. The number of carbonyl (C=O) groups excluding carboxylic acids is 3. The predicted octanol–water partition coefficient (Wildman–Crippen LogP) is 3.34. The average Bonchev–Trinajstić information content (AvgIpc) is 3.38. The van der Waals surface area contributed by atoms with Crippen LogP contribution in [-0.4, -0.2) is 47.8 Å². The van der Waals surface area contributed by atoms with E-state index >= 15 is 0 Å². The number of methoxy groups -OCH3 is 1. The van der Waals surface area contributed by atoms with Gasteiger partial charge in [0.1, 0.15) is 5.75 Å². The number of esters is 1. The lowest BCUT2D eigenvalue weighted by molar-refractivity contribution is -0.151. The van der Waals surface area contributed by atoms with Gasteiger partial charge in [-0.1, -0.05) is 23.8 Å². The first-order chi connectivity index (χ1) is 16.8. The Bertz CT molecular complexity index is 1270. The van der Waals surface area contributed by atoms with Crippen LogP contribution in [0.1, 0.15) is 23.4 Å². The molecule has 1 saturated heterocycles. The minimum absolute atomic E-state index is 0.0270. The normalized spacial score (nSPS) is 15.3. The zero-order valence-corrected chi connectivity index (χ0v) is 20.2. The summed E-state index contributed by atoms with van der Waals surface area (Å²) in [6.45, 7) is 5.41. The van der Waals surface area contributed by atoms with E-state index in [0.29, 0.717) is 22.8 Å². The Balaban J connectivity index is 1.35. The Morgan fingerprint density at radius 2 is 1.83 bits per heavy atom. The molecule has 0 saturated carbocycles. The van der Waals surface area contributed by atoms with E-state index in [1.807, 2.05) is 38.1 Å². The average molecular weight is 477 g/mol. The van der Waals surface area contributed by atoms with Crippen molar-refractivity contribution in [2.45, 2.75) is 27.2 Å². The number of amides is 2. The standard InChI is InChI=1S/C26H28N4O5/c1-16-8-10-20(11-9-16)30-18(3)25(17(2)28-30)27-23(31)15-35-26(33)19-12-24(32)29(14-19)21-6-5-7-22(13-21)34-4/h5-11,13,19H,12,14-15H2,1-4H3,(H,27,31)/t19-/m0/s1. The van der Waals surface area contributed by atoms with Gasteiger partial charge in [0.15, 0.2) is 6.61 Å². The van der Waals surface area contributed by atoms with Gasteiger partial charge in [-0.3, -0.25) is 14.4 Å². The van der Waals surface area contributed by atoms with Crippen LogP contribution >= 0.6 is 0 Å². The van der Waals surface area contributed by atoms with Gasteiger partial charge in [0, 0.05) is 24.7 Å². The number of nitrogens with one attached hydrogen (secondary N) is 1. The summed E-state index contributed by atoms with van der Waals surface area (Å²) in [6.07, 6.45) is 0.0270. The van der Waals surface area contributed by atoms with E-state index in [-0.39, 0.29) is 18.9 Å². The lowest BCUT2D eigenvalue weighted by atomic mass is 10.1. The molecule has 182 valence electrons. The number of nitrogens with zero attached hydrogens (tertiary/aromatic N) is 3. The van der Waals surface area contributed by atoms with Crippen LogP contribution in [0.2, 0.25) is 0 Å². The maximum absolute atomic E-state index is 12.6. The van der Waals surface area contributed by atoms with E-state index < -0.39 is 24.4 Å². The fourth-order valence-corrected chi connectivity index (χ4v) is 4.08. The van der Waals surface area contributed by atoms with Crippen LogP contribution in [0, 0.1) is 26.7 Å². The number of hydrogen-bond acceptors (Lipinski definition) is 6. The third-order valence-corrected chi connectivity index (χ3v) is 6.00. The van der Waals surface area contributed by atoms with Crippen molar-refractivity contribution >= 4 is 29.2 Å². The molecule has 2 amide bonds. The minimum Gasteiger partial charge on any atom is -0.497 e. The van der Waals surface area contributed by atoms with E-state index in [9.17, 15) is 14.4 Å². The lowest BCUT2D eigenvalue weighted by Crippen LogP contribution is -2.28. The van der Waals surface area contributed by atoms with Gasteiger partial charge in [0.25, 0.3) is 5.91 Å². The van der Waals surface area contributed by atoms with Crippen LogP contribution < -0.4 is 15.0 Å². The fourth-order valence-electron chi connectivity index (χ4n) is 4.08. The zero-order chi connectivity index (χ0) is 25.1. The molecule has 2 heterocycles. The summed E-state index contributed by atoms with van der Waals surface area (Å²) in [4.78, 5) is 39.1. The lowest BCUT2D eigenvalue weighted by Gasteiger charge is -2.17. The van der Waals surface area contributed by atoms with E-state index in [0.717, 1.165) is 16.9 Å². The van der Waals surface area contributed by atoms with Gasteiger partial charge in [0.05, 0.1) is 35.8 Å². The van der Waals surface area contributed by atoms with Crippen LogP contribution in [0.4, 0.5) is 11.4 Å². The van der Waals surface area contributed by atoms with Crippen LogP contribution in [0.5, 0.6) is 5.75 Å². The molecule has 1 aliphatic heterocycles. The van der Waals surface area contributed by atoms with Crippen LogP contribution in [0.15, 0.2) is 48.5 Å². The van der Waals surface area contributed by atoms with Crippen molar-refractivity contribution in [3.63, 3.8) is 0 Å². The van der Waals surface area contributed by atoms with Gasteiger partial charge in [-0.25, -0.2) is 4.68 Å². The number of aromatic nitrogens is 2. The third-order valence-electron chi connectivity index (χ3n) is 6.00. The third kappa shape index (κ3) is 5.18. The summed E-state index contributed by atoms with van der Waals surface area (Å²) in [6, 6.07) is 15.0. The molecule has 1 N–H and O–H groups in total. The largest absolute Gasteiger partial charge is 0.497 e. The Morgan fingerprint density at radius 1 is 1.09 bits per heavy atom. The predicted molar refractivity (Wildman–Crippen MR) is 131 cm³/mol. The van der Waals surface area contributed by atoms with E-state index in [1.165, 1.54) is 4.90 Å². The number of rotatable bonds is 7. The van der Waals surface area contributed by atoms with Crippen molar-refractivity contribution in [3.8, 4) is 11.4 Å². The van der Waals surface area contributed by atoms with Crippen LogP contribution in [0.25, 0.3) is 5.69 Å². The van der Waals surface area contributed by atoms with Crippen LogP contribution in [0.3, 0.4) is 0 Å². The SMILES string of the molecule is COc1cccc(N2C[C@@H](C(=O)OCC(=O)Nc3c(C)nn(-c4ccc(C)cc4)c3C)CC2=O)c1. The highest BCUT2D eigenvalue weighted by Crippen LogP contribution is 2.28. The molecule has 9 heteroatoms. The summed E-state index contributed by atoms with van der Waals surface area (Å²) in [7, 11) is 1.55. The van der Waals surface area contributed by atoms with Gasteiger partial charge < -0.3 is 19.7 Å². The summed E-state index contributed by atoms with van der Waals surface area (Å²) < 4.78 is 12.2. The number of hydrogen-bond donors (Lipinski definition) is 1. The summed E-state index contributed by atoms with van der Waals surface area (Å²) in [5.41, 5.74) is 4.67. The molecule has 9 nitrogen and oxygen atoms in total. The molecule has 0 bridgehead atoms. The Hall–Kier alpha value is -4.14. The minimum atomic E-state index is -0.644. The first-order valence-corrected chi connectivity index (χ1v) is 11.3. The summed E-state index contributed by atoms with van der Waals surface area (Å²) in [5, 5.41) is 7.31. The van der Waals surface area contributed by atoms with E-state index in [4.69, 9.17) is 9.47 Å². The van der Waals surface area contributed by atoms with Crippen molar-refractivity contribution in [1.82, 2.24) is 9.78 Å². The molecule has 4 rings (SSSR count). The maximum atomic E-state index is 12.6. The maximum Gasteiger partial charge on any atom is 0.311 e. The highest BCUT2D eigenvalue weighted by atomic mass is 16.5. The first kappa shape index (κ1) is 24.0. The zero-order valence-electron chi connectivity index (χ0n) is 20.2. The highest BCUT2D eigenvalue weighted by Gasteiger charge is 2.36. The van der Waals surface area contributed by atoms with Gasteiger partial charge in [-0.05, 0) is 45.0 Å². The highest BCUT2D eigenvalue weighted by molar-refractivity contribution is 6.00. The second-order valence-electron chi connectivity index (χ2n) is 8.56. The Labute approximate surface area is 203 Å². The number of anilines is 2. The van der Waals surface area contributed by atoms with E-state index in [1.54, 1.807) is 43.0 Å². The summed E-state index contributed by atoms with van der Waals surface area (Å²) >= 11 is 0. The second-order valence-corrected chi connectivity index (χ2v) is 8.56. The Morgan fingerprint density at radius 3 is 2.54 bits per heavy atom. The van der Waals surface area contributed by atoms with Gasteiger partial charge in [0.2, 0.25) is 5.91 Å². The van der Waals surface area contributed by atoms with Crippen LogP contribution in [-0.2, 0) is 19.1 Å². The second kappa shape index (κ2) is 10.0. The molecule has 0 aliphatic carbocycles. The molecule has 3 aromatic rings. The number of benzene rings is 2. The van der Waals surface area contributed by atoms with Crippen molar-refractivity contribution in [2.24, 2.45) is 5.92 Å². The monoisotopic (exact) mass is 476 g/mol. The van der Waals surface area contributed by atoms with Crippen molar-refractivity contribution < 1.29 is 23.9 Å². The molecular weight excluding hydrogens is 448 g/mol. The number of aryl methyl sites for hydroxylation is 2. The van der Waals surface area contributed by atoms with Gasteiger partial charge in [-0.15, -0.1) is 0 Å². The molecule has 35 heavy (non-hydrogen) atoms. The van der Waals surface area contributed by atoms with Crippen molar-refractivity contribution in [3.05, 3.63) is 65.5 Å². The molecular formula is C26H28N4O5. The first-order valence-electron chi connectivity index (χ1n) is 11.3. The molecule has 0 spiro atoms.